The van der Waals surface area contributed by atoms with Crippen molar-refractivity contribution in [3.63, 3.8) is 0 Å². The van der Waals surface area contributed by atoms with Crippen molar-refractivity contribution in [2.24, 2.45) is 5.92 Å². The summed E-state index contributed by atoms with van der Waals surface area (Å²) in [5.74, 6) is -0.631. The number of hydrogen-bond donors (Lipinski definition) is 0. The summed E-state index contributed by atoms with van der Waals surface area (Å²) in [4.78, 5) is 11.6. The predicted molar refractivity (Wildman–Crippen MR) is 86.8 cm³/mol. The van der Waals surface area contributed by atoms with E-state index < -0.39 is 5.82 Å². The topological polar surface area (TPSA) is 50.1 Å². The molecule has 4 heteroatoms. The van der Waals surface area contributed by atoms with E-state index in [0.717, 1.165) is 0 Å². The van der Waals surface area contributed by atoms with Gasteiger partial charge in [-0.25, -0.2) is 4.39 Å². The molecule has 0 N–H and O–H groups in total. The molecule has 2 aromatic rings. The predicted octanol–water partition coefficient (Wildman–Crippen LogP) is 4.45. The van der Waals surface area contributed by atoms with Crippen LogP contribution in [-0.4, -0.2) is 5.97 Å². The van der Waals surface area contributed by atoms with Crippen LogP contribution >= 0.6 is 0 Å². The van der Waals surface area contributed by atoms with Gasteiger partial charge in [0.2, 0.25) is 0 Å². The monoisotopic (exact) mass is 309 g/mol. The minimum absolute atomic E-state index is 0.204. The Balaban J connectivity index is 2.33. The second-order valence-corrected chi connectivity index (χ2v) is 5.30. The zero-order valence-electron chi connectivity index (χ0n) is 12.9. The molecule has 2 rings (SSSR count). The number of ether oxygens (including phenoxy) is 1. The second kappa shape index (κ2) is 7.37. The van der Waals surface area contributed by atoms with E-state index in [2.05, 4.69) is 0 Å². The number of nitrogens with zero attached hydrogens (tertiary/aromatic N) is 1. The molecule has 116 valence electrons. The van der Waals surface area contributed by atoms with Crippen LogP contribution in [-0.2, 0) is 4.79 Å². The molecule has 0 heterocycles. The third-order valence-corrected chi connectivity index (χ3v) is 3.14. The molecule has 0 atom stereocenters. The minimum Gasteiger partial charge on any atom is -0.426 e. The van der Waals surface area contributed by atoms with E-state index in [1.165, 1.54) is 6.07 Å². The molecule has 0 bridgehead atoms. The number of rotatable bonds is 4. The molecule has 0 fully saturated rings. The van der Waals surface area contributed by atoms with Crippen molar-refractivity contribution in [3.05, 3.63) is 65.5 Å². The van der Waals surface area contributed by atoms with Crippen LogP contribution in [0.5, 0.6) is 5.75 Å². The quantitative estimate of drug-likeness (QED) is 0.363. The first kappa shape index (κ1) is 16.4. The Morgan fingerprint density at radius 2 is 1.96 bits per heavy atom. The van der Waals surface area contributed by atoms with Gasteiger partial charge in [-0.1, -0.05) is 44.2 Å². The number of hydrogen-bond acceptors (Lipinski definition) is 3. The first-order valence-corrected chi connectivity index (χ1v) is 7.19. The Morgan fingerprint density at radius 3 is 2.61 bits per heavy atom. The highest BCUT2D eigenvalue weighted by atomic mass is 19.1. The van der Waals surface area contributed by atoms with E-state index in [-0.39, 0.29) is 23.0 Å². The third kappa shape index (κ3) is 4.27. The number of benzene rings is 2. The lowest BCUT2D eigenvalue weighted by Crippen LogP contribution is -2.14. The molecule has 0 aromatic heterocycles. The van der Waals surface area contributed by atoms with Crippen LogP contribution in [0.3, 0.4) is 0 Å². The standard InChI is InChI=1S/C19H16FNO2/c1-13(2)19(22)23-16-7-5-6-14(11-16)10-15(12-21)17-8-3-4-9-18(17)20/h3-11,13H,1-2H3/b15-10-. The van der Waals surface area contributed by atoms with Gasteiger partial charge in [-0.05, 0) is 29.8 Å². The summed E-state index contributed by atoms with van der Waals surface area (Å²) < 4.78 is 19.0. The molecule has 0 amide bonds. The molecule has 23 heavy (non-hydrogen) atoms. The van der Waals surface area contributed by atoms with E-state index >= 15 is 0 Å². The van der Waals surface area contributed by atoms with Crippen molar-refractivity contribution in [3.8, 4) is 11.8 Å². The fourth-order valence-electron chi connectivity index (χ4n) is 1.92. The molecule has 0 aliphatic carbocycles. The highest BCUT2D eigenvalue weighted by Gasteiger charge is 2.10. The number of halogens is 1. The van der Waals surface area contributed by atoms with E-state index in [0.29, 0.717) is 11.3 Å². The van der Waals surface area contributed by atoms with Crippen LogP contribution in [0.1, 0.15) is 25.0 Å². The van der Waals surface area contributed by atoms with Gasteiger partial charge in [-0.2, -0.15) is 5.26 Å². The lowest BCUT2D eigenvalue weighted by molar-refractivity contribution is -0.137. The Hall–Kier alpha value is -2.93. The van der Waals surface area contributed by atoms with Crippen LogP contribution in [0.2, 0.25) is 0 Å². The molecule has 0 saturated carbocycles. The molecule has 0 unspecified atom stereocenters. The average molecular weight is 309 g/mol. The van der Waals surface area contributed by atoms with Crippen molar-refractivity contribution in [1.82, 2.24) is 0 Å². The second-order valence-electron chi connectivity index (χ2n) is 5.30. The van der Waals surface area contributed by atoms with Gasteiger partial charge in [-0.3, -0.25) is 4.79 Å². The van der Waals surface area contributed by atoms with Crippen LogP contribution in [0.25, 0.3) is 11.6 Å². The number of allylic oxidation sites excluding steroid dienone is 1. The zero-order chi connectivity index (χ0) is 16.8. The number of carbonyl (C=O) groups excluding carboxylic acids is 1. The molecule has 0 saturated heterocycles. The molecule has 0 aliphatic rings. The summed E-state index contributed by atoms with van der Waals surface area (Å²) in [6.07, 6.45) is 1.56. The van der Waals surface area contributed by atoms with Gasteiger partial charge < -0.3 is 4.74 Å². The molecule has 0 radical (unpaired) electrons. The van der Waals surface area contributed by atoms with Crippen molar-refractivity contribution >= 4 is 17.6 Å². The average Bonchev–Trinajstić information content (AvgIpc) is 2.53. The van der Waals surface area contributed by atoms with E-state index in [1.54, 1.807) is 62.4 Å². The summed E-state index contributed by atoms with van der Waals surface area (Å²) in [7, 11) is 0. The fraction of sp³-hybridized carbons (Fsp3) is 0.158. The summed E-state index contributed by atoms with van der Waals surface area (Å²) in [5, 5.41) is 9.28. The normalized spacial score (nSPS) is 11.2. The van der Waals surface area contributed by atoms with Gasteiger partial charge in [-0.15, -0.1) is 0 Å². The maximum atomic E-state index is 13.8. The summed E-state index contributed by atoms with van der Waals surface area (Å²) in [6, 6.07) is 14.9. The van der Waals surface area contributed by atoms with E-state index in [9.17, 15) is 14.4 Å². The van der Waals surface area contributed by atoms with Crippen molar-refractivity contribution in [2.75, 3.05) is 0 Å². The minimum atomic E-state index is -0.456. The Morgan fingerprint density at radius 1 is 1.22 bits per heavy atom. The Labute approximate surface area is 134 Å². The van der Waals surface area contributed by atoms with Gasteiger partial charge in [0.25, 0.3) is 0 Å². The van der Waals surface area contributed by atoms with Gasteiger partial charge in [0.05, 0.1) is 17.6 Å². The van der Waals surface area contributed by atoms with Crippen molar-refractivity contribution in [1.29, 1.82) is 5.26 Å². The molecular weight excluding hydrogens is 293 g/mol. The van der Waals surface area contributed by atoms with Crippen LogP contribution in [0, 0.1) is 23.1 Å². The lowest BCUT2D eigenvalue weighted by atomic mass is 10.0. The van der Waals surface area contributed by atoms with Gasteiger partial charge in [0, 0.05) is 5.56 Å². The lowest BCUT2D eigenvalue weighted by Gasteiger charge is -2.07. The first-order valence-electron chi connectivity index (χ1n) is 7.19. The van der Waals surface area contributed by atoms with Crippen LogP contribution in [0.15, 0.2) is 48.5 Å². The molecular formula is C19H16FNO2. The van der Waals surface area contributed by atoms with Crippen LogP contribution in [0.4, 0.5) is 4.39 Å². The van der Waals surface area contributed by atoms with Crippen molar-refractivity contribution < 1.29 is 13.9 Å². The maximum absolute atomic E-state index is 13.8. The molecule has 2 aromatic carbocycles. The molecule has 0 aliphatic heterocycles. The first-order chi connectivity index (χ1) is 11.0. The molecule has 0 spiro atoms. The van der Waals surface area contributed by atoms with Gasteiger partial charge in [0.1, 0.15) is 11.6 Å². The summed E-state index contributed by atoms with van der Waals surface area (Å²) in [6.45, 7) is 3.50. The SMILES string of the molecule is CC(C)C(=O)Oc1cccc(/C=C(/C#N)c2ccccc2F)c1. The highest BCUT2D eigenvalue weighted by molar-refractivity contribution is 5.90. The smallest absolute Gasteiger partial charge is 0.313 e. The van der Waals surface area contributed by atoms with E-state index in [1.807, 2.05) is 6.07 Å². The van der Waals surface area contributed by atoms with Gasteiger partial charge >= 0.3 is 5.97 Å². The van der Waals surface area contributed by atoms with Crippen molar-refractivity contribution in [2.45, 2.75) is 13.8 Å². The molecule has 3 nitrogen and oxygen atoms in total. The van der Waals surface area contributed by atoms with E-state index in [4.69, 9.17) is 4.74 Å². The highest BCUT2D eigenvalue weighted by Crippen LogP contribution is 2.22. The van der Waals surface area contributed by atoms with Crippen LogP contribution < -0.4 is 4.74 Å². The summed E-state index contributed by atoms with van der Waals surface area (Å²) >= 11 is 0. The Bertz CT molecular complexity index is 788. The number of esters is 1. The Kier molecular flexibility index (Phi) is 5.27. The maximum Gasteiger partial charge on any atom is 0.313 e. The summed E-state index contributed by atoms with van der Waals surface area (Å²) in [5.41, 5.74) is 1.09. The fourth-order valence-corrected chi connectivity index (χ4v) is 1.92. The number of nitriles is 1. The van der Waals surface area contributed by atoms with Gasteiger partial charge in [0.15, 0.2) is 0 Å². The zero-order valence-corrected chi connectivity index (χ0v) is 12.9. The third-order valence-electron chi connectivity index (χ3n) is 3.14. The number of carbonyl (C=O) groups is 1. The largest absolute Gasteiger partial charge is 0.426 e.